The molecule has 0 radical (unpaired) electrons. The van der Waals surface area contributed by atoms with Crippen LogP contribution in [0.3, 0.4) is 0 Å². The number of hydrogen-bond donors (Lipinski definition) is 2. The van der Waals surface area contributed by atoms with Crippen LogP contribution in [0.5, 0.6) is 0 Å². The molecule has 1 aromatic heterocycles. The zero-order chi connectivity index (χ0) is 22.7. The summed E-state index contributed by atoms with van der Waals surface area (Å²) in [5, 5.41) is 4.90. The monoisotopic (exact) mass is 468 g/mol. The predicted molar refractivity (Wildman–Crippen MR) is 130 cm³/mol. The van der Waals surface area contributed by atoms with Crippen molar-refractivity contribution in [3.8, 4) is 11.1 Å². The number of nitrogen functional groups attached to an aromatic ring is 1. The normalized spacial score (nSPS) is 11.2. The average Bonchev–Trinajstić information content (AvgIpc) is 3.14. The van der Waals surface area contributed by atoms with Crippen molar-refractivity contribution in [3.05, 3.63) is 87.6 Å². The van der Waals surface area contributed by atoms with Crippen LogP contribution in [0.4, 0.5) is 5.69 Å². The second kappa shape index (κ2) is 9.76. The lowest BCUT2D eigenvalue weighted by Gasteiger charge is -2.07. The van der Waals surface area contributed by atoms with Crippen molar-refractivity contribution >= 4 is 45.6 Å². The van der Waals surface area contributed by atoms with E-state index in [0.29, 0.717) is 41.6 Å². The molecule has 4 aromatic rings. The van der Waals surface area contributed by atoms with Gasteiger partial charge >= 0.3 is 0 Å². The Kier molecular flexibility index (Phi) is 6.82. The van der Waals surface area contributed by atoms with Gasteiger partial charge in [-0.1, -0.05) is 47.5 Å². The van der Waals surface area contributed by atoms with Gasteiger partial charge in [0.05, 0.1) is 11.6 Å². The number of carbonyl (C=O) groups excluding carboxylic acids is 1. The first-order valence-electron chi connectivity index (χ1n) is 10.1. The van der Waals surface area contributed by atoms with Crippen LogP contribution >= 0.6 is 23.2 Å². The van der Waals surface area contributed by atoms with E-state index in [-0.39, 0.29) is 16.6 Å². The van der Waals surface area contributed by atoms with E-state index in [4.69, 9.17) is 38.1 Å². The van der Waals surface area contributed by atoms with Crippen molar-refractivity contribution < 1.29 is 13.9 Å². The number of halogens is 2. The Bertz CT molecular complexity index is 1280. The molecule has 0 aliphatic rings. The van der Waals surface area contributed by atoms with E-state index in [1.807, 2.05) is 42.5 Å². The summed E-state index contributed by atoms with van der Waals surface area (Å²) < 4.78 is 11.2. The molecule has 1 heterocycles. The number of hydrogen-bond acceptors (Lipinski definition) is 5. The maximum atomic E-state index is 13.4. The largest absolute Gasteiger partial charge is 0.452 e. The second-order valence-corrected chi connectivity index (χ2v) is 8.21. The minimum absolute atomic E-state index is 0.249. The zero-order valence-corrected chi connectivity index (χ0v) is 19.0. The van der Waals surface area contributed by atoms with Gasteiger partial charge in [-0.15, -0.1) is 0 Å². The number of ketones is 1. The van der Waals surface area contributed by atoms with Crippen LogP contribution in [0.15, 0.2) is 65.1 Å². The van der Waals surface area contributed by atoms with Crippen LogP contribution in [0.25, 0.3) is 22.1 Å². The van der Waals surface area contributed by atoms with E-state index < -0.39 is 0 Å². The number of fused-ring (bicyclic) bond motifs is 1. The number of benzene rings is 3. The van der Waals surface area contributed by atoms with Gasteiger partial charge in [-0.2, -0.15) is 0 Å². The molecule has 164 valence electrons. The molecule has 0 atom stereocenters. The first-order chi connectivity index (χ1) is 15.5. The maximum Gasteiger partial charge on any atom is 0.230 e. The number of rotatable bonds is 8. The standard InChI is InChI=1S/C25H22Cl2N2O3/c1-31-10-9-29-14-21-19-7-5-16(15-3-2-4-18(28)11-15)12-23(19)32-25(21)24(30)20-8-6-17(26)13-22(20)27/h2-8,11-13,29H,9-10,14,28H2,1H3. The Morgan fingerprint density at radius 2 is 1.88 bits per heavy atom. The smallest absolute Gasteiger partial charge is 0.230 e. The minimum Gasteiger partial charge on any atom is -0.452 e. The predicted octanol–water partition coefficient (Wildman–Crippen LogP) is 5.96. The molecule has 32 heavy (non-hydrogen) atoms. The summed E-state index contributed by atoms with van der Waals surface area (Å²) in [6.07, 6.45) is 0. The van der Waals surface area contributed by atoms with Gasteiger partial charge in [-0.05, 0) is 47.5 Å². The number of anilines is 1. The fraction of sp³-hybridized carbons (Fsp3) is 0.160. The Morgan fingerprint density at radius 3 is 2.62 bits per heavy atom. The molecule has 0 saturated heterocycles. The Morgan fingerprint density at radius 1 is 1.06 bits per heavy atom. The van der Waals surface area contributed by atoms with Crippen LogP contribution in [-0.2, 0) is 11.3 Å². The van der Waals surface area contributed by atoms with E-state index in [1.165, 1.54) is 0 Å². The number of ether oxygens (including phenoxy) is 1. The van der Waals surface area contributed by atoms with Crippen LogP contribution in [0.1, 0.15) is 21.7 Å². The molecule has 0 bridgehead atoms. The lowest BCUT2D eigenvalue weighted by atomic mass is 10.0. The van der Waals surface area contributed by atoms with E-state index in [2.05, 4.69) is 5.32 Å². The molecule has 0 aliphatic heterocycles. The van der Waals surface area contributed by atoms with Crippen molar-refractivity contribution in [1.29, 1.82) is 0 Å². The lowest BCUT2D eigenvalue weighted by Crippen LogP contribution is -2.19. The van der Waals surface area contributed by atoms with Crippen LogP contribution < -0.4 is 11.1 Å². The van der Waals surface area contributed by atoms with Crippen LogP contribution in [-0.4, -0.2) is 26.0 Å². The summed E-state index contributed by atoms with van der Waals surface area (Å²) >= 11 is 12.3. The van der Waals surface area contributed by atoms with Crippen molar-refractivity contribution in [3.63, 3.8) is 0 Å². The highest BCUT2D eigenvalue weighted by Gasteiger charge is 2.24. The number of furan rings is 1. The van der Waals surface area contributed by atoms with E-state index in [0.717, 1.165) is 22.1 Å². The van der Waals surface area contributed by atoms with Gasteiger partial charge in [0.2, 0.25) is 5.78 Å². The van der Waals surface area contributed by atoms with Crippen molar-refractivity contribution in [2.45, 2.75) is 6.54 Å². The summed E-state index contributed by atoms with van der Waals surface area (Å²) in [6, 6.07) is 18.3. The summed E-state index contributed by atoms with van der Waals surface area (Å²) in [5.74, 6) is -0.0456. The van der Waals surface area contributed by atoms with Gasteiger partial charge in [0.1, 0.15) is 5.58 Å². The van der Waals surface area contributed by atoms with Crippen LogP contribution in [0.2, 0.25) is 10.0 Å². The minimum atomic E-state index is -0.295. The van der Waals surface area contributed by atoms with Gasteiger partial charge in [-0.25, -0.2) is 0 Å². The van der Waals surface area contributed by atoms with E-state index in [1.54, 1.807) is 25.3 Å². The third-order valence-corrected chi connectivity index (χ3v) is 5.73. The Hall–Kier alpha value is -2.83. The highest BCUT2D eigenvalue weighted by Crippen LogP contribution is 2.33. The molecule has 0 fully saturated rings. The number of nitrogens with one attached hydrogen (secondary N) is 1. The summed E-state index contributed by atoms with van der Waals surface area (Å²) in [5.41, 5.74) is 10.3. The second-order valence-electron chi connectivity index (χ2n) is 7.37. The number of nitrogens with two attached hydrogens (primary N) is 1. The molecule has 0 unspecified atom stereocenters. The summed E-state index contributed by atoms with van der Waals surface area (Å²) in [7, 11) is 1.64. The highest BCUT2D eigenvalue weighted by atomic mass is 35.5. The fourth-order valence-electron chi connectivity index (χ4n) is 3.59. The molecule has 3 N–H and O–H groups in total. The van der Waals surface area contributed by atoms with E-state index >= 15 is 0 Å². The molecule has 3 aromatic carbocycles. The van der Waals surface area contributed by atoms with Gasteiger partial charge in [0.25, 0.3) is 0 Å². The molecular formula is C25H22Cl2N2O3. The molecule has 0 spiro atoms. The first-order valence-corrected chi connectivity index (χ1v) is 10.8. The Balaban J connectivity index is 1.79. The van der Waals surface area contributed by atoms with Crippen LogP contribution in [0, 0.1) is 0 Å². The van der Waals surface area contributed by atoms with Gasteiger partial charge in [-0.3, -0.25) is 4.79 Å². The highest BCUT2D eigenvalue weighted by molar-refractivity contribution is 6.37. The summed E-state index contributed by atoms with van der Waals surface area (Å²) in [4.78, 5) is 13.4. The molecule has 5 nitrogen and oxygen atoms in total. The summed E-state index contributed by atoms with van der Waals surface area (Å²) in [6.45, 7) is 1.64. The molecule has 0 amide bonds. The van der Waals surface area contributed by atoms with Gasteiger partial charge in [0, 0.05) is 47.4 Å². The molecule has 0 aliphatic carbocycles. The lowest BCUT2D eigenvalue weighted by molar-refractivity contribution is 0.101. The van der Waals surface area contributed by atoms with Crippen molar-refractivity contribution in [2.75, 3.05) is 26.0 Å². The number of methoxy groups -OCH3 is 1. The van der Waals surface area contributed by atoms with Crippen molar-refractivity contribution in [1.82, 2.24) is 5.32 Å². The first kappa shape index (κ1) is 22.4. The number of carbonyl (C=O) groups is 1. The van der Waals surface area contributed by atoms with Crippen molar-refractivity contribution in [2.24, 2.45) is 0 Å². The zero-order valence-electron chi connectivity index (χ0n) is 17.5. The van der Waals surface area contributed by atoms with Gasteiger partial charge in [0.15, 0.2) is 5.76 Å². The fourth-order valence-corrected chi connectivity index (χ4v) is 4.08. The SMILES string of the molecule is COCCNCc1c(C(=O)c2ccc(Cl)cc2Cl)oc2cc(-c3cccc(N)c3)ccc12. The quantitative estimate of drug-likeness (QED) is 0.189. The molecule has 7 heteroatoms. The molecular weight excluding hydrogens is 447 g/mol. The third kappa shape index (κ3) is 4.66. The Labute approximate surface area is 196 Å². The average molecular weight is 469 g/mol. The topological polar surface area (TPSA) is 77.5 Å². The van der Waals surface area contributed by atoms with Gasteiger partial charge < -0.3 is 20.2 Å². The molecule has 4 rings (SSSR count). The van der Waals surface area contributed by atoms with E-state index in [9.17, 15) is 4.79 Å². The third-order valence-electron chi connectivity index (χ3n) is 5.18. The molecule has 0 saturated carbocycles. The maximum absolute atomic E-state index is 13.4.